The molecule has 0 aromatic heterocycles. The molecule has 3 aromatic carbocycles. The summed E-state index contributed by atoms with van der Waals surface area (Å²) in [5, 5.41) is 8.69. The van der Waals surface area contributed by atoms with E-state index >= 15 is 0 Å². The minimum atomic E-state index is -0.603. The highest BCUT2D eigenvalue weighted by atomic mass is 35.5. The zero-order valence-corrected chi connectivity index (χ0v) is 23.8. The zero-order chi connectivity index (χ0) is 28.6. The first-order chi connectivity index (χ1) is 19.5. The Hall–Kier alpha value is -3.71. The smallest absolute Gasteiger partial charge is 0.345 e. The van der Waals surface area contributed by atoms with Crippen LogP contribution in [0.3, 0.4) is 0 Å². The highest BCUT2D eigenvalue weighted by molar-refractivity contribution is 6.33. The van der Waals surface area contributed by atoms with E-state index in [1.165, 1.54) is 44.7 Å². The zero-order valence-electron chi connectivity index (χ0n) is 23.1. The number of esters is 1. The molecular formula is C32H38ClN3O4. The van der Waals surface area contributed by atoms with E-state index in [4.69, 9.17) is 16.3 Å². The van der Waals surface area contributed by atoms with Gasteiger partial charge in [-0.1, -0.05) is 112 Å². The molecule has 7 nitrogen and oxygen atoms in total. The van der Waals surface area contributed by atoms with Crippen molar-refractivity contribution in [3.63, 3.8) is 0 Å². The van der Waals surface area contributed by atoms with Crippen LogP contribution in [0.15, 0.2) is 65.8 Å². The van der Waals surface area contributed by atoms with Gasteiger partial charge in [0, 0.05) is 12.0 Å². The molecule has 0 aliphatic rings. The summed E-state index contributed by atoms with van der Waals surface area (Å²) in [4.78, 5) is 37.1. The van der Waals surface area contributed by atoms with Gasteiger partial charge in [0.15, 0.2) is 0 Å². The Kier molecular flexibility index (Phi) is 13.2. The van der Waals surface area contributed by atoms with Crippen LogP contribution in [0.25, 0.3) is 10.8 Å². The standard InChI is InChI=1S/C32H38ClN3O4/c1-2-3-4-5-6-7-8-9-10-19-30(37)34-23-31(38)36-35-22-27-25-16-12-11-15-24(25)20-21-29(27)40-32(39)26-17-13-14-18-28(26)33/h11-18,20-22H,2-10,19,23H2,1H3,(H,34,37)(H,36,38). The van der Waals surface area contributed by atoms with Gasteiger partial charge in [-0.25, -0.2) is 10.2 Å². The predicted molar refractivity (Wildman–Crippen MR) is 161 cm³/mol. The van der Waals surface area contributed by atoms with Gasteiger partial charge in [0.25, 0.3) is 5.91 Å². The summed E-state index contributed by atoms with van der Waals surface area (Å²) < 4.78 is 5.66. The molecule has 0 heterocycles. The Balaban J connectivity index is 1.49. The van der Waals surface area contributed by atoms with E-state index < -0.39 is 11.9 Å². The molecule has 3 rings (SSSR count). The van der Waals surface area contributed by atoms with Gasteiger partial charge >= 0.3 is 5.97 Å². The molecule has 2 N–H and O–H groups in total. The molecule has 0 unspecified atom stereocenters. The third-order valence-electron chi connectivity index (χ3n) is 6.56. The van der Waals surface area contributed by atoms with Crippen molar-refractivity contribution >= 4 is 46.4 Å². The molecular weight excluding hydrogens is 526 g/mol. The maximum atomic E-state index is 12.8. The number of fused-ring (bicyclic) bond motifs is 1. The Morgan fingerprint density at radius 2 is 1.50 bits per heavy atom. The number of carbonyl (C=O) groups is 3. The van der Waals surface area contributed by atoms with Crippen molar-refractivity contribution in [3.8, 4) is 5.75 Å². The molecule has 8 heteroatoms. The number of nitrogens with zero attached hydrogens (tertiary/aromatic N) is 1. The molecule has 3 aromatic rings. The molecule has 0 bridgehead atoms. The fourth-order valence-corrected chi connectivity index (χ4v) is 4.56. The normalized spacial score (nSPS) is 11.1. The maximum Gasteiger partial charge on any atom is 0.345 e. The number of unbranched alkanes of at least 4 members (excludes halogenated alkanes) is 8. The minimum absolute atomic E-state index is 0.148. The lowest BCUT2D eigenvalue weighted by molar-refractivity contribution is -0.126. The fourth-order valence-electron chi connectivity index (χ4n) is 4.35. The number of hydrogen-bond donors (Lipinski definition) is 2. The molecule has 0 saturated heterocycles. The lowest BCUT2D eigenvalue weighted by Crippen LogP contribution is -2.34. The van der Waals surface area contributed by atoms with Crippen LogP contribution in [0.2, 0.25) is 5.02 Å². The summed E-state index contributed by atoms with van der Waals surface area (Å²) >= 11 is 6.15. The van der Waals surface area contributed by atoms with E-state index in [-0.39, 0.29) is 28.8 Å². The molecule has 40 heavy (non-hydrogen) atoms. The van der Waals surface area contributed by atoms with Crippen molar-refractivity contribution in [2.75, 3.05) is 6.54 Å². The Labute approximate surface area is 241 Å². The second-order valence-electron chi connectivity index (χ2n) is 9.72. The number of halogens is 1. The van der Waals surface area contributed by atoms with E-state index in [2.05, 4.69) is 22.8 Å². The molecule has 212 valence electrons. The summed E-state index contributed by atoms with van der Waals surface area (Å²) in [5.41, 5.74) is 3.20. The number of hydrogen-bond acceptors (Lipinski definition) is 5. The Morgan fingerprint density at radius 1 is 0.825 bits per heavy atom. The number of ether oxygens (including phenoxy) is 1. The predicted octanol–water partition coefficient (Wildman–Crippen LogP) is 7.20. The van der Waals surface area contributed by atoms with E-state index in [0.717, 1.165) is 30.0 Å². The van der Waals surface area contributed by atoms with Gasteiger partial charge < -0.3 is 10.1 Å². The summed E-state index contributed by atoms with van der Waals surface area (Å²) in [6, 6.07) is 17.7. The van der Waals surface area contributed by atoms with Gasteiger partial charge in [-0.15, -0.1) is 0 Å². The van der Waals surface area contributed by atoms with Crippen LogP contribution in [0, 0.1) is 0 Å². The fraction of sp³-hybridized carbons (Fsp3) is 0.375. The summed E-state index contributed by atoms with van der Waals surface area (Å²) in [5.74, 6) is -0.929. The van der Waals surface area contributed by atoms with Crippen LogP contribution in [0.4, 0.5) is 0 Å². The van der Waals surface area contributed by atoms with Crippen LogP contribution in [-0.2, 0) is 9.59 Å². The molecule has 0 radical (unpaired) electrons. The highest BCUT2D eigenvalue weighted by Gasteiger charge is 2.16. The van der Waals surface area contributed by atoms with Crippen LogP contribution in [0.1, 0.15) is 87.1 Å². The van der Waals surface area contributed by atoms with Gasteiger partial charge in [0.1, 0.15) is 5.75 Å². The van der Waals surface area contributed by atoms with Gasteiger partial charge in [-0.2, -0.15) is 5.10 Å². The molecule has 0 saturated carbocycles. The molecule has 0 aliphatic carbocycles. The first kappa shape index (κ1) is 30.8. The highest BCUT2D eigenvalue weighted by Crippen LogP contribution is 2.28. The van der Waals surface area contributed by atoms with Gasteiger partial charge in [0.2, 0.25) is 5.91 Å². The first-order valence-corrected chi connectivity index (χ1v) is 14.4. The van der Waals surface area contributed by atoms with Crippen molar-refractivity contribution < 1.29 is 19.1 Å². The number of amides is 2. The third kappa shape index (κ3) is 10.1. The Bertz CT molecular complexity index is 1310. The van der Waals surface area contributed by atoms with Crippen LogP contribution in [-0.4, -0.2) is 30.5 Å². The summed E-state index contributed by atoms with van der Waals surface area (Å²) in [7, 11) is 0. The van der Waals surface area contributed by atoms with Crippen molar-refractivity contribution in [2.24, 2.45) is 5.10 Å². The summed E-state index contributed by atoms with van der Waals surface area (Å²) in [6.45, 7) is 2.05. The summed E-state index contributed by atoms with van der Waals surface area (Å²) in [6.07, 6.45) is 12.5. The lowest BCUT2D eigenvalue weighted by Gasteiger charge is -2.11. The average Bonchev–Trinajstić information content (AvgIpc) is 2.96. The topological polar surface area (TPSA) is 96.9 Å². The second kappa shape index (κ2) is 17.1. The van der Waals surface area contributed by atoms with E-state index in [1.54, 1.807) is 30.3 Å². The van der Waals surface area contributed by atoms with Crippen molar-refractivity contribution in [1.29, 1.82) is 0 Å². The van der Waals surface area contributed by atoms with Crippen molar-refractivity contribution in [3.05, 3.63) is 76.8 Å². The van der Waals surface area contributed by atoms with Crippen LogP contribution < -0.4 is 15.5 Å². The molecule has 0 aliphatic heterocycles. The van der Waals surface area contributed by atoms with Crippen molar-refractivity contribution in [2.45, 2.75) is 71.1 Å². The second-order valence-corrected chi connectivity index (χ2v) is 10.1. The Morgan fingerprint density at radius 3 is 2.25 bits per heavy atom. The number of rotatable bonds is 16. The number of hydrazone groups is 1. The van der Waals surface area contributed by atoms with E-state index in [9.17, 15) is 14.4 Å². The minimum Gasteiger partial charge on any atom is -0.422 e. The van der Waals surface area contributed by atoms with Gasteiger partial charge in [-0.05, 0) is 35.4 Å². The molecule has 2 amide bonds. The third-order valence-corrected chi connectivity index (χ3v) is 6.89. The monoisotopic (exact) mass is 563 g/mol. The SMILES string of the molecule is CCCCCCCCCCCC(=O)NCC(=O)NN=Cc1c(OC(=O)c2ccccc2Cl)ccc2ccccc12. The maximum absolute atomic E-state index is 12.8. The molecule has 0 fully saturated rings. The van der Waals surface area contributed by atoms with Gasteiger partial charge in [-0.3, -0.25) is 9.59 Å². The van der Waals surface area contributed by atoms with Crippen molar-refractivity contribution in [1.82, 2.24) is 10.7 Å². The van der Waals surface area contributed by atoms with Gasteiger partial charge in [0.05, 0.1) is 23.3 Å². The average molecular weight is 564 g/mol. The van der Waals surface area contributed by atoms with Crippen LogP contribution in [0.5, 0.6) is 5.75 Å². The molecule has 0 atom stereocenters. The number of nitrogens with one attached hydrogen (secondary N) is 2. The number of carbonyl (C=O) groups excluding carboxylic acids is 3. The largest absolute Gasteiger partial charge is 0.422 e. The quantitative estimate of drug-likeness (QED) is 0.0633. The number of benzene rings is 3. The lowest BCUT2D eigenvalue weighted by atomic mass is 10.0. The van der Waals surface area contributed by atoms with E-state index in [0.29, 0.717) is 12.0 Å². The first-order valence-electron chi connectivity index (χ1n) is 14.1. The van der Waals surface area contributed by atoms with E-state index in [1.807, 2.05) is 30.3 Å². The molecule has 0 spiro atoms. The van der Waals surface area contributed by atoms with Crippen LogP contribution >= 0.6 is 11.6 Å².